The number of aromatic nitrogens is 2. The molecule has 1 aliphatic heterocycles. The minimum atomic E-state index is -0.0530. The summed E-state index contributed by atoms with van der Waals surface area (Å²) >= 11 is 0. The number of carbonyl (C=O) groups excluding carboxylic acids is 1. The number of hydrogen-bond acceptors (Lipinski definition) is 5. The van der Waals surface area contributed by atoms with Crippen LogP contribution in [-0.2, 0) is 9.53 Å². The van der Waals surface area contributed by atoms with Gasteiger partial charge in [0.25, 0.3) is 0 Å². The SMILES string of the molecule is Cc1cncc(-c2ccc3cnc(NC(=O)CN4CCOCC4)cc3c2)c1. The lowest BCUT2D eigenvalue weighted by Gasteiger charge is -2.25. The number of hydrogen-bond donors (Lipinski definition) is 1. The van der Waals surface area contributed by atoms with Crippen molar-refractivity contribution < 1.29 is 9.53 Å². The predicted molar refractivity (Wildman–Crippen MR) is 106 cm³/mol. The van der Waals surface area contributed by atoms with Gasteiger partial charge in [0.2, 0.25) is 5.91 Å². The number of nitrogens with zero attached hydrogens (tertiary/aromatic N) is 3. The summed E-state index contributed by atoms with van der Waals surface area (Å²) < 4.78 is 5.31. The number of anilines is 1. The summed E-state index contributed by atoms with van der Waals surface area (Å²) in [6.07, 6.45) is 5.49. The van der Waals surface area contributed by atoms with Gasteiger partial charge in [-0.05, 0) is 41.6 Å². The molecular weight excluding hydrogens is 340 g/mol. The normalized spacial score (nSPS) is 15.0. The van der Waals surface area contributed by atoms with Crippen LogP contribution in [0.5, 0.6) is 0 Å². The van der Waals surface area contributed by atoms with E-state index in [2.05, 4.69) is 38.4 Å². The van der Waals surface area contributed by atoms with E-state index in [1.165, 1.54) is 0 Å². The van der Waals surface area contributed by atoms with Crippen LogP contribution in [0.3, 0.4) is 0 Å². The third kappa shape index (κ3) is 4.30. The molecule has 0 atom stereocenters. The standard InChI is InChI=1S/C21H22N4O2/c1-15-8-19(12-22-11-15)16-2-3-17-13-23-20(10-18(17)9-16)24-21(26)14-25-4-6-27-7-5-25/h2-3,8-13H,4-7,14H2,1H3,(H,23,24,26). The second-order valence-electron chi connectivity index (χ2n) is 6.82. The third-order valence-corrected chi connectivity index (χ3v) is 4.67. The van der Waals surface area contributed by atoms with Crippen molar-refractivity contribution in [1.82, 2.24) is 14.9 Å². The molecule has 1 saturated heterocycles. The lowest BCUT2D eigenvalue weighted by molar-refractivity contribution is -0.118. The summed E-state index contributed by atoms with van der Waals surface area (Å²) in [5, 5.41) is 4.97. The molecule has 4 rings (SSSR count). The van der Waals surface area contributed by atoms with Crippen LogP contribution in [-0.4, -0.2) is 53.6 Å². The number of pyridine rings is 2. The number of aryl methyl sites for hydroxylation is 1. The molecule has 0 aliphatic carbocycles. The Morgan fingerprint density at radius 1 is 1.07 bits per heavy atom. The highest BCUT2D eigenvalue weighted by Gasteiger charge is 2.14. The molecule has 3 heterocycles. The van der Waals surface area contributed by atoms with Crippen LogP contribution in [0.25, 0.3) is 21.9 Å². The van der Waals surface area contributed by atoms with Crippen molar-refractivity contribution in [2.75, 3.05) is 38.2 Å². The van der Waals surface area contributed by atoms with Crippen molar-refractivity contribution in [3.05, 3.63) is 54.5 Å². The van der Waals surface area contributed by atoms with Crippen molar-refractivity contribution in [3.8, 4) is 11.1 Å². The number of fused-ring (bicyclic) bond motifs is 1. The Bertz CT molecular complexity index is 967. The van der Waals surface area contributed by atoms with Crippen molar-refractivity contribution in [2.45, 2.75) is 6.92 Å². The van der Waals surface area contributed by atoms with E-state index < -0.39 is 0 Å². The number of ether oxygens (including phenoxy) is 1. The lowest BCUT2D eigenvalue weighted by atomic mass is 10.0. The summed E-state index contributed by atoms with van der Waals surface area (Å²) in [6, 6.07) is 10.2. The molecule has 1 aromatic carbocycles. The first-order chi connectivity index (χ1) is 13.2. The first kappa shape index (κ1) is 17.6. The van der Waals surface area contributed by atoms with Crippen LogP contribution < -0.4 is 5.32 Å². The van der Waals surface area contributed by atoms with E-state index in [0.29, 0.717) is 25.6 Å². The fourth-order valence-electron chi connectivity index (χ4n) is 3.25. The smallest absolute Gasteiger partial charge is 0.239 e. The second-order valence-corrected chi connectivity index (χ2v) is 6.82. The predicted octanol–water partition coefficient (Wildman–Crippen LogP) is 2.88. The Labute approximate surface area is 158 Å². The molecule has 0 spiro atoms. The highest BCUT2D eigenvalue weighted by molar-refractivity contribution is 5.94. The van der Waals surface area contributed by atoms with Gasteiger partial charge in [0.15, 0.2) is 0 Å². The van der Waals surface area contributed by atoms with Crippen LogP contribution >= 0.6 is 0 Å². The average molecular weight is 362 g/mol. The third-order valence-electron chi connectivity index (χ3n) is 4.67. The van der Waals surface area contributed by atoms with Crippen LogP contribution in [0.1, 0.15) is 5.56 Å². The number of rotatable bonds is 4. The van der Waals surface area contributed by atoms with Gasteiger partial charge in [-0.2, -0.15) is 0 Å². The number of morpholine rings is 1. The molecule has 6 nitrogen and oxygen atoms in total. The molecule has 1 N–H and O–H groups in total. The maximum atomic E-state index is 12.3. The number of carbonyl (C=O) groups is 1. The molecule has 27 heavy (non-hydrogen) atoms. The van der Waals surface area contributed by atoms with E-state index in [4.69, 9.17) is 4.74 Å². The van der Waals surface area contributed by atoms with Crippen molar-refractivity contribution in [1.29, 1.82) is 0 Å². The molecule has 0 bridgehead atoms. The molecule has 1 aliphatic rings. The van der Waals surface area contributed by atoms with Crippen LogP contribution in [0.15, 0.2) is 48.9 Å². The maximum absolute atomic E-state index is 12.3. The van der Waals surface area contributed by atoms with Gasteiger partial charge >= 0.3 is 0 Å². The van der Waals surface area contributed by atoms with Crippen molar-refractivity contribution >= 4 is 22.5 Å². The van der Waals surface area contributed by atoms with Gasteiger partial charge in [0, 0.05) is 42.6 Å². The topological polar surface area (TPSA) is 67.4 Å². The number of benzene rings is 1. The van der Waals surface area contributed by atoms with E-state index in [-0.39, 0.29) is 5.91 Å². The lowest BCUT2D eigenvalue weighted by Crippen LogP contribution is -2.41. The quantitative estimate of drug-likeness (QED) is 0.773. The zero-order chi connectivity index (χ0) is 18.6. The van der Waals surface area contributed by atoms with Gasteiger partial charge in [-0.3, -0.25) is 14.7 Å². The molecule has 6 heteroatoms. The van der Waals surface area contributed by atoms with Crippen LogP contribution in [0.4, 0.5) is 5.82 Å². The van der Waals surface area contributed by atoms with Crippen molar-refractivity contribution in [2.24, 2.45) is 0 Å². The molecule has 1 fully saturated rings. The summed E-state index contributed by atoms with van der Waals surface area (Å²) in [4.78, 5) is 23.0. The molecule has 2 aromatic heterocycles. The minimum absolute atomic E-state index is 0.0530. The summed E-state index contributed by atoms with van der Waals surface area (Å²) in [5.74, 6) is 0.517. The van der Waals surface area contributed by atoms with Gasteiger partial charge in [0.1, 0.15) is 5.82 Å². The monoisotopic (exact) mass is 362 g/mol. The van der Waals surface area contributed by atoms with Gasteiger partial charge in [-0.25, -0.2) is 4.98 Å². The Hall–Kier alpha value is -2.83. The molecule has 0 saturated carbocycles. The first-order valence-electron chi connectivity index (χ1n) is 9.09. The zero-order valence-electron chi connectivity index (χ0n) is 15.3. The summed E-state index contributed by atoms with van der Waals surface area (Å²) in [7, 11) is 0. The zero-order valence-corrected chi connectivity index (χ0v) is 15.3. The van der Waals surface area contributed by atoms with Crippen LogP contribution in [0, 0.1) is 6.92 Å². The highest BCUT2D eigenvalue weighted by atomic mass is 16.5. The van der Waals surface area contributed by atoms with E-state index in [0.717, 1.165) is 40.6 Å². The highest BCUT2D eigenvalue weighted by Crippen LogP contribution is 2.25. The molecular formula is C21H22N4O2. The van der Waals surface area contributed by atoms with E-state index in [1.54, 1.807) is 6.20 Å². The molecule has 3 aromatic rings. The van der Waals surface area contributed by atoms with Crippen molar-refractivity contribution in [3.63, 3.8) is 0 Å². The van der Waals surface area contributed by atoms with Gasteiger partial charge in [0.05, 0.1) is 19.8 Å². The molecule has 1 amide bonds. The molecule has 0 radical (unpaired) electrons. The van der Waals surface area contributed by atoms with Gasteiger partial charge in [-0.15, -0.1) is 0 Å². The first-order valence-corrected chi connectivity index (χ1v) is 9.09. The molecule has 138 valence electrons. The minimum Gasteiger partial charge on any atom is -0.379 e. The fourth-order valence-corrected chi connectivity index (χ4v) is 3.25. The van der Waals surface area contributed by atoms with E-state index in [1.807, 2.05) is 31.5 Å². The average Bonchev–Trinajstić information content (AvgIpc) is 2.68. The maximum Gasteiger partial charge on any atom is 0.239 e. The summed E-state index contributed by atoms with van der Waals surface area (Å²) in [6.45, 7) is 5.32. The van der Waals surface area contributed by atoms with Gasteiger partial charge < -0.3 is 10.1 Å². The Kier molecular flexibility index (Phi) is 5.09. The summed E-state index contributed by atoms with van der Waals surface area (Å²) in [5.41, 5.74) is 3.29. The van der Waals surface area contributed by atoms with E-state index >= 15 is 0 Å². The Morgan fingerprint density at radius 2 is 1.93 bits per heavy atom. The molecule has 0 unspecified atom stereocenters. The number of nitrogens with one attached hydrogen (secondary N) is 1. The number of amides is 1. The largest absolute Gasteiger partial charge is 0.379 e. The second kappa shape index (κ2) is 7.82. The fraction of sp³-hybridized carbons (Fsp3) is 0.286. The van der Waals surface area contributed by atoms with Gasteiger partial charge in [-0.1, -0.05) is 12.1 Å². The van der Waals surface area contributed by atoms with Crippen LogP contribution in [0.2, 0.25) is 0 Å². The Balaban J connectivity index is 1.53. The van der Waals surface area contributed by atoms with E-state index in [9.17, 15) is 4.79 Å². The Morgan fingerprint density at radius 3 is 2.74 bits per heavy atom.